The second-order valence-corrected chi connectivity index (χ2v) is 7.51. The zero-order valence-electron chi connectivity index (χ0n) is 18.0. The number of rotatable bonds is 5. The van der Waals surface area contributed by atoms with Crippen molar-refractivity contribution in [2.45, 2.75) is 13.0 Å². The summed E-state index contributed by atoms with van der Waals surface area (Å²) >= 11 is 0. The average molecular weight is 429 g/mol. The number of nitrogens with zero attached hydrogens (tertiary/aromatic N) is 1. The van der Waals surface area contributed by atoms with Gasteiger partial charge in [-0.25, -0.2) is 0 Å². The number of carbonyl (C=O) groups excluding carboxylic acids is 2. The lowest BCUT2D eigenvalue weighted by Crippen LogP contribution is -2.29. The number of amides is 1. The van der Waals surface area contributed by atoms with Crippen LogP contribution in [-0.4, -0.2) is 31.0 Å². The summed E-state index contributed by atoms with van der Waals surface area (Å²) in [7, 11) is 3.12. The molecule has 0 bridgehead atoms. The minimum atomic E-state index is -0.796. The van der Waals surface area contributed by atoms with Crippen LogP contribution >= 0.6 is 0 Å². The zero-order chi connectivity index (χ0) is 22.8. The molecule has 1 amide bonds. The van der Waals surface area contributed by atoms with Gasteiger partial charge in [0, 0.05) is 11.3 Å². The number of ether oxygens (including phenoxy) is 2. The van der Waals surface area contributed by atoms with E-state index in [1.165, 1.54) is 4.90 Å². The smallest absolute Gasteiger partial charge is 0.300 e. The third kappa shape index (κ3) is 3.71. The fraction of sp³-hybridized carbons (Fsp3) is 0.154. The Morgan fingerprint density at radius 2 is 1.34 bits per heavy atom. The molecular formula is C26H23NO5. The van der Waals surface area contributed by atoms with Gasteiger partial charge in [-0.2, -0.15) is 0 Å². The van der Waals surface area contributed by atoms with Crippen LogP contribution in [0.1, 0.15) is 22.7 Å². The van der Waals surface area contributed by atoms with Gasteiger partial charge in [-0.3, -0.25) is 14.5 Å². The predicted molar refractivity (Wildman–Crippen MR) is 122 cm³/mol. The van der Waals surface area contributed by atoms with Crippen LogP contribution in [0.15, 0.2) is 78.4 Å². The molecule has 1 N–H and O–H groups in total. The van der Waals surface area contributed by atoms with E-state index in [1.54, 1.807) is 74.9 Å². The Morgan fingerprint density at radius 1 is 0.812 bits per heavy atom. The van der Waals surface area contributed by atoms with Crippen molar-refractivity contribution in [3.8, 4) is 11.5 Å². The van der Waals surface area contributed by atoms with Crippen molar-refractivity contribution in [1.29, 1.82) is 0 Å². The number of hydrogen-bond acceptors (Lipinski definition) is 5. The van der Waals surface area contributed by atoms with E-state index in [1.807, 2.05) is 19.1 Å². The molecule has 0 spiro atoms. The summed E-state index contributed by atoms with van der Waals surface area (Å²) in [4.78, 5) is 27.7. The molecule has 0 radical (unpaired) electrons. The average Bonchev–Trinajstić information content (AvgIpc) is 3.09. The number of benzene rings is 3. The van der Waals surface area contributed by atoms with Gasteiger partial charge in [0.05, 0.1) is 25.8 Å². The molecule has 32 heavy (non-hydrogen) atoms. The van der Waals surface area contributed by atoms with Gasteiger partial charge in [-0.15, -0.1) is 0 Å². The Bertz CT molecular complexity index is 1180. The molecule has 1 aliphatic heterocycles. The Kier molecular flexibility index (Phi) is 5.69. The van der Waals surface area contributed by atoms with Gasteiger partial charge >= 0.3 is 0 Å². The standard InChI is InChI=1S/C26H23NO5/c1-16-4-6-18(7-5-16)24(28)22-23(17-8-12-20(31-2)13-9-17)27(26(30)25(22)29)19-10-14-21(32-3)15-11-19/h4-15,23,28H,1-3H3. The number of aryl methyl sites for hydroxylation is 1. The van der Waals surface area contributed by atoms with Crippen LogP contribution < -0.4 is 14.4 Å². The molecule has 1 fully saturated rings. The van der Waals surface area contributed by atoms with E-state index in [9.17, 15) is 14.7 Å². The summed E-state index contributed by atoms with van der Waals surface area (Å²) in [6.45, 7) is 1.93. The maximum absolute atomic E-state index is 13.1. The Morgan fingerprint density at radius 3 is 1.88 bits per heavy atom. The summed E-state index contributed by atoms with van der Waals surface area (Å²) in [6.07, 6.45) is 0. The van der Waals surface area contributed by atoms with E-state index in [0.29, 0.717) is 28.3 Å². The van der Waals surface area contributed by atoms with Gasteiger partial charge in [0.1, 0.15) is 17.3 Å². The molecule has 1 aliphatic rings. The summed E-state index contributed by atoms with van der Waals surface area (Å²) in [6, 6.07) is 20.3. The molecular weight excluding hydrogens is 406 g/mol. The van der Waals surface area contributed by atoms with Gasteiger partial charge in [0.2, 0.25) is 0 Å². The van der Waals surface area contributed by atoms with Crippen molar-refractivity contribution in [2.75, 3.05) is 19.1 Å². The van der Waals surface area contributed by atoms with Gasteiger partial charge in [0.25, 0.3) is 11.7 Å². The summed E-state index contributed by atoms with van der Waals surface area (Å²) in [5.74, 6) is -0.371. The monoisotopic (exact) mass is 429 g/mol. The summed E-state index contributed by atoms with van der Waals surface area (Å²) in [5, 5.41) is 11.1. The number of hydrogen-bond donors (Lipinski definition) is 1. The van der Waals surface area contributed by atoms with Crippen molar-refractivity contribution in [3.63, 3.8) is 0 Å². The molecule has 0 saturated carbocycles. The number of methoxy groups -OCH3 is 2. The van der Waals surface area contributed by atoms with E-state index in [-0.39, 0.29) is 11.3 Å². The van der Waals surface area contributed by atoms with Crippen molar-refractivity contribution in [2.24, 2.45) is 0 Å². The van der Waals surface area contributed by atoms with E-state index in [4.69, 9.17) is 9.47 Å². The van der Waals surface area contributed by atoms with Gasteiger partial charge < -0.3 is 14.6 Å². The largest absolute Gasteiger partial charge is 0.507 e. The third-order valence-corrected chi connectivity index (χ3v) is 5.55. The topological polar surface area (TPSA) is 76.1 Å². The van der Waals surface area contributed by atoms with Crippen LogP contribution in [0.5, 0.6) is 11.5 Å². The number of aliphatic hydroxyl groups excluding tert-OH is 1. The molecule has 0 aliphatic carbocycles. The second-order valence-electron chi connectivity index (χ2n) is 7.51. The van der Waals surface area contributed by atoms with Crippen LogP contribution in [0.3, 0.4) is 0 Å². The molecule has 4 rings (SSSR count). The first-order valence-electron chi connectivity index (χ1n) is 10.1. The van der Waals surface area contributed by atoms with Crippen molar-refractivity contribution < 1.29 is 24.2 Å². The van der Waals surface area contributed by atoms with E-state index in [2.05, 4.69) is 0 Å². The van der Waals surface area contributed by atoms with E-state index in [0.717, 1.165) is 5.56 Å². The first-order valence-corrected chi connectivity index (χ1v) is 10.1. The quantitative estimate of drug-likeness (QED) is 0.363. The van der Waals surface area contributed by atoms with Crippen LogP contribution in [-0.2, 0) is 9.59 Å². The third-order valence-electron chi connectivity index (χ3n) is 5.55. The SMILES string of the molecule is COc1ccc(C2C(=C(O)c3ccc(C)cc3)C(=O)C(=O)N2c2ccc(OC)cc2)cc1. The molecule has 1 heterocycles. The van der Waals surface area contributed by atoms with Crippen molar-refractivity contribution >= 4 is 23.1 Å². The molecule has 1 unspecified atom stereocenters. The fourth-order valence-electron chi connectivity index (χ4n) is 3.81. The van der Waals surface area contributed by atoms with E-state index >= 15 is 0 Å². The highest BCUT2D eigenvalue weighted by molar-refractivity contribution is 6.51. The highest BCUT2D eigenvalue weighted by atomic mass is 16.5. The number of ketones is 1. The minimum Gasteiger partial charge on any atom is -0.507 e. The highest BCUT2D eigenvalue weighted by Crippen LogP contribution is 2.42. The highest BCUT2D eigenvalue weighted by Gasteiger charge is 2.46. The molecule has 1 atom stereocenters. The summed E-state index contributed by atoms with van der Waals surface area (Å²) < 4.78 is 10.5. The van der Waals surface area contributed by atoms with Gasteiger partial charge in [-0.1, -0.05) is 42.0 Å². The Hall–Kier alpha value is -4.06. The van der Waals surface area contributed by atoms with Gasteiger partial charge in [-0.05, 0) is 48.9 Å². The zero-order valence-corrected chi connectivity index (χ0v) is 18.0. The number of anilines is 1. The maximum atomic E-state index is 13.1. The van der Waals surface area contributed by atoms with Crippen LogP contribution in [0.2, 0.25) is 0 Å². The predicted octanol–water partition coefficient (Wildman–Crippen LogP) is 4.64. The Labute approximate surface area is 186 Å². The number of Topliss-reactive ketones (excluding diaryl/α,β-unsaturated/α-hetero) is 1. The van der Waals surface area contributed by atoms with E-state index < -0.39 is 17.7 Å². The van der Waals surface area contributed by atoms with Crippen LogP contribution in [0, 0.1) is 6.92 Å². The maximum Gasteiger partial charge on any atom is 0.300 e. The fourth-order valence-corrected chi connectivity index (χ4v) is 3.81. The molecule has 3 aromatic carbocycles. The Balaban J connectivity index is 1.90. The van der Waals surface area contributed by atoms with Crippen molar-refractivity contribution in [3.05, 3.63) is 95.1 Å². The molecule has 162 valence electrons. The number of aliphatic hydroxyl groups is 1. The minimum absolute atomic E-state index is 0.0415. The van der Waals surface area contributed by atoms with Crippen molar-refractivity contribution in [1.82, 2.24) is 0 Å². The lowest BCUT2D eigenvalue weighted by atomic mass is 9.95. The summed E-state index contributed by atoms with van der Waals surface area (Å²) in [5.41, 5.74) is 2.74. The molecule has 3 aromatic rings. The number of carbonyl (C=O) groups is 2. The molecule has 1 saturated heterocycles. The lowest BCUT2D eigenvalue weighted by molar-refractivity contribution is -0.132. The molecule has 6 heteroatoms. The molecule has 6 nitrogen and oxygen atoms in total. The lowest BCUT2D eigenvalue weighted by Gasteiger charge is -2.25. The first kappa shape index (κ1) is 21.2. The van der Waals surface area contributed by atoms with Crippen LogP contribution in [0.4, 0.5) is 5.69 Å². The molecule has 0 aromatic heterocycles. The van der Waals surface area contributed by atoms with Gasteiger partial charge in [0.15, 0.2) is 0 Å². The van der Waals surface area contributed by atoms with Crippen LogP contribution in [0.25, 0.3) is 5.76 Å². The normalized spacial score (nSPS) is 17.5. The second kappa shape index (κ2) is 8.59. The first-order chi connectivity index (χ1) is 15.4.